The fourth-order valence-corrected chi connectivity index (χ4v) is 4.92. The van der Waals surface area contributed by atoms with Gasteiger partial charge in [-0.3, -0.25) is 14.3 Å². The summed E-state index contributed by atoms with van der Waals surface area (Å²) in [4.78, 5) is 43.7. The Labute approximate surface area is 231 Å². The Morgan fingerprint density at radius 2 is 1.93 bits per heavy atom. The van der Waals surface area contributed by atoms with Crippen molar-refractivity contribution in [2.24, 2.45) is 5.92 Å². The molecule has 0 bridgehead atoms. The molecule has 1 aliphatic carbocycles. The van der Waals surface area contributed by atoms with E-state index in [-0.39, 0.29) is 24.2 Å². The molecule has 0 unspecified atom stereocenters. The second-order valence-electron chi connectivity index (χ2n) is 10.4. The molecule has 16 heteroatoms. The fourth-order valence-electron chi connectivity index (χ4n) is 4.92. The maximum Gasteiger partial charge on any atom is 0.410 e. The minimum atomic E-state index is -4.65. The van der Waals surface area contributed by atoms with E-state index in [0.717, 1.165) is 4.90 Å². The number of rotatable bonds is 10. The molecular weight excluding hydrogens is 557 g/mol. The molecule has 11 nitrogen and oxygen atoms in total. The second kappa shape index (κ2) is 11.6. The fraction of sp³-hybridized carbons (Fsp3) is 0.560. The molecule has 3 N–H and O–H groups in total. The Kier molecular flexibility index (Phi) is 8.52. The van der Waals surface area contributed by atoms with Gasteiger partial charge in [-0.25, -0.2) is 18.6 Å². The van der Waals surface area contributed by atoms with Gasteiger partial charge in [-0.05, 0) is 43.5 Å². The van der Waals surface area contributed by atoms with E-state index in [2.05, 4.69) is 20.7 Å². The quantitative estimate of drug-likeness (QED) is 0.366. The normalized spacial score (nSPS) is 20.4. The number of urea groups is 1. The molecular formula is C25H30F5N7O4. The Balaban J connectivity index is 1.53. The van der Waals surface area contributed by atoms with Gasteiger partial charge in [0.1, 0.15) is 23.6 Å². The largest absolute Gasteiger partial charge is 0.410 e. The summed E-state index contributed by atoms with van der Waals surface area (Å²) in [5.41, 5.74) is 0.458. The van der Waals surface area contributed by atoms with E-state index < -0.39 is 73.4 Å². The molecule has 0 radical (unpaired) electrons. The lowest BCUT2D eigenvalue weighted by atomic mass is 9.76. The number of halogens is 5. The first kappa shape index (κ1) is 30.1. The Morgan fingerprint density at radius 3 is 2.51 bits per heavy atom. The van der Waals surface area contributed by atoms with Gasteiger partial charge in [-0.15, -0.1) is 0 Å². The molecule has 1 aliphatic heterocycles. The average molecular weight is 588 g/mol. The maximum absolute atomic E-state index is 13.7. The van der Waals surface area contributed by atoms with Gasteiger partial charge in [0.25, 0.3) is 5.91 Å². The lowest BCUT2D eigenvalue weighted by molar-refractivity contribution is -0.150. The SMILES string of the molecule is COC[C@H](c1ccnc(NC(=O)[C@@H](NC(=O)c2ccnn2C(C)C)C2CC(F)(F)C2)c1)N1C[C@@H](C(F)(F)F)NC1=O. The van der Waals surface area contributed by atoms with Crippen LogP contribution in [0, 0.1) is 5.92 Å². The van der Waals surface area contributed by atoms with Gasteiger partial charge in [0.15, 0.2) is 0 Å². The molecule has 4 amide bonds. The molecule has 3 atom stereocenters. The van der Waals surface area contributed by atoms with Gasteiger partial charge < -0.3 is 25.6 Å². The van der Waals surface area contributed by atoms with Crippen LogP contribution in [0.1, 0.15) is 54.8 Å². The summed E-state index contributed by atoms with van der Waals surface area (Å²) in [6.45, 7) is 2.78. The molecule has 4 rings (SSSR count). The van der Waals surface area contributed by atoms with Crippen molar-refractivity contribution in [3.05, 3.63) is 41.9 Å². The van der Waals surface area contributed by atoms with Gasteiger partial charge in [-0.1, -0.05) is 0 Å². The van der Waals surface area contributed by atoms with Crippen LogP contribution in [0.25, 0.3) is 0 Å². The number of alkyl halides is 5. The highest BCUT2D eigenvalue weighted by molar-refractivity contribution is 6.00. The van der Waals surface area contributed by atoms with Gasteiger partial charge in [-0.2, -0.15) is 18.3 Å². The van der Waals surface area contributed by atoms with E-state index in [0.29, 0.717) is 5.56 Å². The number of methoxy groups -OCH3 is 1. The van der Waals surface area contributed by atoms with Gasteiger partial charge in [0.05, 0.1) is 19.2 Å². The highest BCUT2D eigenvalue weighted by Gasteiger charge is 2.51. The highest BCUT2D eigenvalue weighted by Crippen LogP contribution is 2.44. The van der Waals surface area contributed by atoms with E-state index in [1.807, 2.05) is 5.32 Å². The number of pyridine rings is 1. The third kappa shape index (κ3) is 6.74. The molecule has 2 aromatic rings. The minimum Gasteiger partial charge on any atom is -0.382 e. The number of anilines is 1. The van der Waals surface area contributed by atoms with Crippen molar-refractivity contribution < 1.29 is 41.1 Å². The number of carbonyl (C=O) groups is 3. The summed E-state index contributed by atoms with van der Waals surface area (Å²) in [5, 5.41) is 11.0. The molecule has 2 aliphatic rings. The third-order valence-electron chi connectivity index (χ3n) is 7.01. The molecule has 0 aromatic carbocycles. The number of hydrogen-bond donors (Lipinski definition) is 3. The molecule has 1 saturated carbocycles. The summed E-state index contributed by atoms with van der Waals surface area (Å²) in [6, 6.07) is -1.23. The van der Waals surface area contributed by atoms with Crippen LogP contribution in [0.2, 0.25) is 0 Å². The van der Waals surface area contributed by atoms with Crippen LogP contribution in [0.15, 0.2) is 30.6 Å². The predicted molar refractivity (Wildman–Crippen MR) is 134 cm³/mol. The van der Waals surface area contributed by atoms with Crippen molar-refractivity contribution >= 4 is 23.7 Å². The van der Waals surface area contributed by atoms with E-state index in [9.17, 15) is 36.3 Å². The standard InChI is InChI=1S/C25H30F5N7O4/c1-13(2)37-16(5-7-32-37)21(38)35-20(15-9-24(26,27)10-15)22(39)34-19-8-14(4-6-31-19)17(12-41-3)36-11-18(25(28,29)30)33-23(36)40/h4-8,13,15,17-18,20H,9-12H2,1-3H3,(H,33,40)(H,35,38)(H,31,34,39)/t17-,18+,20+/m1/s1. The molecule has 3 heterocycles. The van der Waals surface area contributed by atoms with Crippen molar-refractivity contribution in [2.75, 3.05) is 25.6 Å². The highest BCUT2D eigenvalue weighted by atomic mass is 19.4. The van der Waals surface area contributed by atoms with Gasteiger partial charge in [0.2, 0.25) is 11.8 Å². The van der Waals surface area contributed by atoms with Crippen LogP contribution in [0.3, 0.4) is 0 Å². The van der Waals surface area contributed by atoms with E-state index >= 15 is 0 Å². The minimum absolute atomic E-state index is 0.0573. The molecule has 2 aromatic heterocycles. The number of hydrogen-bond acceptors (Lipinski definition) is 6. The molecule has 224 valence electrons. The Bertz CT molecular complexity index is 1280. The predicted octanol–water partition coefficient (Wildman–Crippen LogP) is 3.29. The van der Waals surface area contributed by atoms with Crippen LogP contribution in [-0.4, -0.2) is 82.0 Å². The zero-order valence-corrected chi connectivity index (χ0v) is 22.4. The number of nitrogens with one attached hydrogen (secondary N) is 3. The number of nitrogens with zero attached hydrogens (tertiary/aromatic N) is 4. The van der Waals surface area contributed by atoms with E-state index in [4.69, 9.17) is 4.74 Å². The maximum atomic E-state index is 13.7. The van der Waals surface area contributed by atoms with Crippen molar-refractivity contribution in [3.8, 4) is 0 Å². The summed E-state index contributed by atoms with van der Waals surface area (Å²) in [7, 11) is 1.32. The second-order valence-corrected chi connectivity index (χ2v) is 10.4. The average Bonchev–Trinajstić information content (AvgIpc) is 3.52. The third-order valence-corrected chi connectivity index (χ3v) is 7.01. The van der Waals surface area contributed by atoms with E-state index in [1.165, 1.54) is 42.4 Å². The molecule has 41 heavy (non-hydrogen) atoms. The number of amides is 4. The number of ether oxygens (including phenoxy) is 1. The molecule has 1 saturated heterocycles. The first-order chi connectivity index (χ1) is 19.2. The monoisotopic (exact) mass is 587 g/mol. The first-order valence-corrected chi connectivity index (χ1v) is 12.8. The van der Waals surface area contributed by atoms with Gasteiger partial charge in [0, 0.05) is 38.4 Å². The van der Waals surface area contributed by atoms with Crippen LogP contribution >= 0.6 is 0 Å². The topological polar surface area (TPSA) is 130 Å². The molecule has 2 fully saturated rings. The van der Waals surface area contributed by atoms with Crippen molar-refractivity contribution in [1.82, 2.24) is 30.3 Å². The summed E-state index contributed by atoms with van der Waals surface area (Å²) in [6.07, 6.45) is -3.19. The summed E-state index contributed by atoms with van der Waals surface area (Å²) >= 11 is 0. The smallest absolute Gasteiger partial charge is 0.382 e. The Hall–Kier alpha value is -3.82. The van der Waals surface area contributed by atoms with Gasteiger partial charge >= 0.3 is 12.2 Å². The summed E-state index contributed by atoms with van der Waals surface area (Å²) in [5.74, 6) is -5.37. The first-order valence-electron chi connectivity index (χ1n) is 12.8. The van der Waals surface area contributed by atoms with E-state index in [1.54, 1.807) is 13.8 Å². The molecule has 0 spiro atoms. The lowest BCUT2D eigenvalue weighted by Gasteiger charge is -2.39. The van der Waals surface area contributed by atoms with Crippen molar-refractivity contribution in [3.63, 3.8) is 0 Å². The zero-order valence-electron chi connectivity index (χ0n) is 22.4. The van der Waals surface area contributed by atoms with Crippen LogP contribution in [-0.2, 0) is 9.53 Å². The summed E-state index contributed by atoms with van der Waals surface area (Å²) < 4.78 is 73.7. The Morgan fingerprint density at radius 1 is 1.22 bits per heavy atom. The van der Waals surface area contributed by atoms with Crippen LogP contribution in [0.4, 0.5) is 32.6 Å². The number of aromatic nitrogens is 3. The number of carbonyl (C=O) groups excluding carboxylic acids is 3. The zero-order chi connectivity index (χ0) is 30.1. The van der Waals surface area contributed by atoms with Crippen molar-refractivity contribution in [1.29, 1.82) is 0 Å². The lowest BCUT2D eigenvalue weighted by Crippen LogP contribution is -2.55. The van der Waals surface area contributed by atoms with Crippen molar-refractivity contribution in [2.45, 2.75) is 63.0 Å². The van der Waals surface area contributed by atoms with Crippen LogP contribution in [0.5, 0.6) is 0 Å². The van der Waals surface area contributed by atoms with Crippen LogP contribution < -0.4 is 16.0 Å².